The third-order valence-corrected chi connectivity index (χ3v) is 4.29. The molecule has 0 heterocycles. The number of carbonyl (C=O) groups is 1. The highest BCUT2D eigenvalue weighted by atomic mass is 32.1. The summed E-state index contributed by atoms with van der Waals surface area (Å²) in [4.78, 5) is 14.8. The van der Waals surface area contributed by atoms with Crippen LogP contribution < -0.4 is 5.73 Å². The minimum Gasteiger partial charge on any atom is -0.392 e. The maximum absolute atomic E-state index is 12.5. The van der Waals surface area contributed by atoms with E-state index in [1.54, 1.807) is 0 Å². The van der Waals surface area contributed by atoms with Crippen LogP contribution in [0, 0.1) is 6.92 Å². The van der Waals surface area contributed by atoms with Gasteiger partial charge in [-0.3, -0.25) is 4.79 Å². The highest BCUT2D eigenvalue weighted by Crippen LogP contribution is 2.24. The van der Waals surface area contributed by atoms with Crippen LogP contribution in [-0.4, -0.2) is 28.4 Å². The third kappa shape index (κ3) is 4.81. The first-order chi connectivity index (χ1) is 10.1. The summed E-state index contributed by atoms with van der Waals surface area (Å²) in [7, 11) is 0. The van der Waals surface area contributed by atoms with Gasteiger partial charge >= 0.3 is 0 Å². The molecular weight excluding hydrogens is 280 g/mol. The molecule has 1 aliphatic carbocycles. The molecule has 0 saturated heterocycles. The topological polar surface area (TPSA) is 46.3 Å². The first kappa shape index (κ1) is 16.0. The average molecular weight is 304 g/mol. The van der Waals surface area contributed by atoms with E-state index in [9.17, 15) is 4.79 Å². The normalized spacial score (nSPS) is 15.1. The fourth-order valence-corrected chi connectivity index (χ4v) is 3.09. The summed E-state index contributed by atoms with van der Waals surface area (Å²) >= 11 is 5.00. The summed E-state index contributed by atoms with van der Waals surface area (Å²) in [5.41, 5.74) is 8.11. The largest absolute Gasteiger partial charge is 0.392 e. The van der Waals surface area contributed by atoms with E-state index in [4.69, 9.17) is 18.0 Å². The molecule has 0 atom stereocenters. The molecule has 0 aliphatic heterocycles. The highest BCUT2D eigenvalue weighted by molar-refractivity contribution is 7.80. The lowest BCUT2D eigenvalue weighted by Gasteiger charge is -2.28. The van der Waals surface area contributed by atoms with Crippen molar-refractivity contribution in [3.63, 3.8) is 0 Å². The standard InChI is InChI=1S/C17H24N2OS/c1-13-6-8-14(9-7-13)10-11-17(20)19(12-16(18)21)15-4-2-3-5-15/h6-9,15H,2-5,10-12H2,1H3,(H2,18,21). The predicted molar refractivity (Wildman–Crippen MR) is 90.3 cm³/mol. The van der Waals surface area contributed by atoms with Gasteiger partial charge in [-0.05, 0) is 31.7 Å². The van der Waals surface area contributed by atoms with Crippen molar-refractivity contribution < 1.29 is 4.79 Å². The number of nitrogens with two attached hydrogens (primary N) is 1. The highest BCUT2D eigenvalue weighted by Gasteiger charge is 2.26. The number of thiocarbonyl (C=S) groups is 1. The van der Waals surface area contributed by atoms with Crippen molar-refractivity contribution in [1.29, 1.82) is 0 Å². The lowest BCUT2D eigenvalue weighted by molar-refractivity contribution is -0.132. The Bertz CT molecular complexity index is 492. The van der Waals surface area contributed by atoms with E-state index in [2.05, 4.69) is 31.2 Å². The van der Waals surface area contributed by atoms with E-state index in [1.807, 2.05) is 4.90 Å². The average Bonchev–Trinajstić information content (AvgIpc) is 2.97. The van der Waals surface area contributed by atoms with Gasteiger partial charge in [-0.1, -0.05) is 54.9 Å². The van der Waals surface area contributed by atoms with Crippen LogP contribution in [0.4, 0.5) is 0 Å². The molecule has 0 radical (unpaired) electrons. The van der Waals surface area contributed by atoms with Gasteiger partial charge in [0.1, 0.15) is 0 Å². The molecule has 3 nitrogen and oxygen atoms in total. The van der Waals surface area contributed by atoms with Crippen molar-refractivity contribution in [2.24, 2.45) is 5.73 Å². The number of hydrogen-bond donors (Lipinski definition) is 1. The molecule has 2 N–H and O–H groups in total. The van der Waals surface area contributed by atoms with Crippen molar-refractivity contribution >= 4 is 23.1 Å². The summed E-state index contributed by atoms with van der Waals surface area (Å²) in [6, 6.07) is 8.69. The van der Waals surface area contributed by atoms with Crippen LogP contribution in [0.1, 0.15) is 43.2 Å². The predicted octanol–water partition coefficient (Wildman–Crippen LogP) is 2.98. The van der Waals surface area contributed by atoms with Crippen LogP contribution in [0.2, 0.25) is 0 Å². The summed E-state index contributed by atoms with van der Waals surface area (Å²) < 4.78 is 0. The van der Waals surface area contributed by atoms with E-state index >= 15 is 0 Å². The van der Waals surface area contributed by atoms with E-state index in [1.165, 1.54) is 24.0 Å². The zero-order valence-corrected chi connectivity index (χ0v) is 13.5. The Labute approximate surface area is 132 Å². The molecule has 1 amide bonds. The molecule has 0 spiro atoms. The molecule has 0 unspecified atom stereocenters. The Hall–Kier alpha value is -1.42. The molecule has 1 saturated carbocycles. The molecule has 114 valence electrons. The molecule has 1 aliphatic rings. The van der Waals surface area contributed by atoms with Gasteiger partial charge in [0.05, 0.1) is 11.5 Å². The number of amides is 1. The van der Waals surface area contributed by atoms with Crippen LogP contribution in [0.15, 0.2) is 24.3 Å². The van der Waals surface area contributed by atoms with Crippen molar-refractivity contribution in [2.75, 3.05) is 6.54 Å². The van der Waals surface area contributed by atoms with Crippen LogP contribution in [-0.2, 0) is 11.2 Å². The molecule has 1 aromatic carbocycles. The lowest BCUT2D eigenvalue weighted by Crippen LogP contribution is -2.43. The maximum atomic E-state index is 12.5. The van der Waals surface area contributed by atoms with Gasteiger partial charge in [0.25, 0.3) is 0 Å². The second-order valence-electron chi connectivity index (χ2n) is 5.91. The monoisotopic (exact) mass is 304 g/mol. The van der Waals surface area contributed by atoms with Crippen molar-refractivity contribution in [1.82, 2.24) is 4.90 Å². The van der Waals surface area contributed by atoms with E-state index in [0.29, 0.717) is 24.0 Å². The molecule has 0 aromatic heterocycles. The number of nitrogens with zero attached hydrogens (tertiary/aromatic N) is 1. The fraction of sp³-hybridized carbons (Fsp3) is 0.529. The zero-order valence-electron chi connectivity index (χ0n) is 12.7. The SMILES string of the molecule is Cc1ccc(CCC(=O)N(CC(N)=S)C2CCCC2)cc1. The minimum absolute atomic E-state index is 0.176. The van der Waals surface area contributed by atoms with Gasteiger partial charge < -0.3 is 10.6 Å². The number of hydrogen-bond acceptors (Lipinski definition) is 2. The van der Waals surface area contributed by atoms with Gasteiger partial charge in [0.15, 0.2) is 0 Å². The van der Waals surface area contributed by atoms with Gasteiger partial charge in [-0.15, -0.1) is 0 Å². The Kier molecular flexibility index (Phi) is 5.74. The van der Waals surface area contributed by atoms with Crippen LogP contribution in [0.3, 0.4) is 0 Å². The zero-order chi connectivity index (χ0) is 15.2. The van der Waals surface area contributed by atoms with Gasteiger partial charge in [-0.2, -0.15) is 0 Å². The fourth-order valence-electron chi connectivity index (χ4n) is 2.95. The third-order valence-electron chi connectivity index (χ3n) is 4.16. The lowest BCUT2D eigenvalue weighted by atomic mass is 10.1. The number of aryl methyl sites for hydroxylation is 2. The van der Waals surface area contributed by atoms with E-state index in [0.717, 1.165) is 19.3 Å². The Balaban J connectivity index is 1.94. The molecule has 2 rings (SSSR count). The summed E-state index contributed by atoms with van der Waals surface area (Å²) in [5.74, 6) is 0.176. The smallest absolute Gasteiger partial charge is 0.223 e. The Morgan fingerprint density at radius 1 is 1.29 bits per heavy atom. The molecule has 21 heavy (non-hydrogen) atoms. The first-order valence-electron chi connectivity index (χ1n) is 7.69. The Morgan fingerprint density at radius 2 is 1.90 bits per heavy atom. The number of carbonyl (C=O) groups excluding carboxylic acids is 1. The molecule has 0 bridgehead atoms. The summed E-state index contributed by atoms with van der Waals surface area (Å²) in [5, 5.41) is 0. The van der Waals surface area contributed by atoms with Crippen molar-refractivity contribution in [3.8, 4) is 0 Å². The van der Waals surface area contributed by atoms with Crippen molar-refractivity contribution in [3.05, 3.63) is 35.4 Å². The van der Waals surface area contributed by atoms with Gasteiger partial charge in [-0.25, -0.2) is 0 Å². The molecule has 4 heteroatoms. The first-order valence-corrected chi connectivity index (χ1v) is 8.10. The molecule has 1 aromatic rings. The minimum atomic E-state index is 0.176. The second kappa shape index (κ2) is 7.55. The molecule has 1 fully saturated rings. The number of rotatable bonds is 6. The van der Waals surface area contributed by atoms with E-state index < -0.39 is 0 Å². The van der Waals surface area contributed by atoms with Gasteiger partial charge in [0.2, 0.25) is 5.91 Å². The number of benzene rings is 1. The summed E-state index contributed by atoms with van der Waals surface area (Å²) in [6.45, 7) is 2.49. The van der Waals surface area contributed by atoms with Crippen molar-refractivity contribution in [2.45, 2.75) is 51.5 Å². The second-order valence-corrected chi connectivity index (χ2v) is 6.44. The molecular formula is C17H24N2OS. The van der Waals surface area contributed by atoms with Crippen LogP contribution in [0.25, 0.3) is 0 Å². The maximum Gasteiger partial charge on any atom is 0.223 e. The summed E-state index contributed by atoms with van der Waals surface area (Å²) in [6.07, 6.45) is 5.87. The van der Waals surface area contributed by atoms with Gasteiger partial charge in [0, 0.05) is 12.5 Å². The quantitative estimate of drug-likeness (QED) is 0.822. The van der Waals surface area contributed by atoms with Crippen LogP contribution >= 0.6 is 12.2 Å². The Morgan fingerprint density at radius 3 is 2.48 bits per heavy atom. The van der Waals surface area contributed by atoms with Crippen LogP contribution in [0.5, 0.6) is 0 Å². The van der Waals surface area contributed by atoms with E-state index in [-0.39, 0.29) is 5.91 Å².